The van der Waals surface area contributed by atoms with Gasteiger partial charge in [0.2, 0.25) is 0 Å². The van der Waals surface area contributed by atoms with Crippen molar-refractivity contribution in [1.82, 2.24) is 9.88 Å². The Morgan fingerprint density at radius 2 is 1.92 bits per heavy atom. The van der Waals surface area contributed by atoms with Crippen LogP contribution in [0.4, 0.5) is 5.82 Å². The summed E-state index contributed by atoms with van der Waals surface area (Å²) in [6.07, 6.45) is 3.88. The molecular weight excluding hydrogens is 298 g/mol. The molecule has 1 aliphatic rings. The number of carbonyl (C=O) groups is 1. The Bertz CT molecular complexity index is 682. The molecular formula is C20H25N3O. The second-order valence-corrected chi connectivity index (χ2v) is 6.11. The average molecular weight is 323 g/mol. The third kappa shape index (κ3) is 3.14. The zero-order valence-electron chi connectivity index (χ0n) is 14.5. The number of pyridine rings is 1. The number of nitrogens with zero attached hydrogens (tertiary/aromatic N) is 3. The maximum atomic E-state index is 12.9. The molecule has 0 saturated carbocycles. The molecule has 1 aromatic carbocycles. The maximum absolute atomic E-state index is 12.9. The molecule has 0 spiro atoms. The van der Waals surface area contributed by atoms with E-state index in [-0.39, 0.29) is 11.9 Å². The van der Waals surface area contributed by atoms with Gasteiger partial charge in [-0.2, -0.15) is 0 Å². The van der Waals surface area contributed by atoms with Crippen molar-refractivity contribution in [2.75, 3.05) is 24.5 Å². The Balaban J connectivity index is 1.93. The summed E-state index contributed by atoms with van der Waals surface area (Å²) in [7, 11) is 0. The minimum absolute atomic E-state index is 0.113. The highest BCUT2D eigenvalue weighted by Gasteiger charge is 2.32. The Morgan fingerprint density at radius 3 is 2.62 bits per heavy atom. The van der Waals surface area contributed by atoms with E-state index in [1.165, 1.54) is 5.56 Å². The van der Waals surface area contributed by atoms with Gasteiger partial charge >= 0.3 is 0 Å². The van der Waals surface area contributed by atoms with Crippen LogP contribution in [0.25, 0.3) is 0 Å². The van der Waals surface area contributed by atoms with Gasteiger partial charge in [0.25, 0.3) is 5.91 Å². The lowest BCUT2D eigenvalue weighted by Gasteiger charge is -2.30. The number of anilines is 1. The lowest BCUT2D eigenvalue weighted by molar-refractivity contribution is 0.0736. The van der Waals surface area contributed by atoms with Gasteiger partial charge in [-0.1, -0.05) is 24.3 Å². The number of carbonyl (C=O) groups excluding carboxylic acids is 1. The summed E-state index contributed by atoms with van der Waals surface area (Å²) < 4.78 is 0. The van der Waals surface area contributed by atoms with Gasteiger partial charge < -0.3 is 9.80 Å². The van der Waals surface area contributed by atoms with Crippen LogP contribution < -0.4 is 4.90 Å². The Labute approximate surface area is 144 Å². The fourth-order valence-electron chi connectivity index (χ4n) is 3.54. The lowest BCUT2D eigenvalue weighted by Crippen LogP contribution is -2.32. The van der Waals surface area contributed by atoms with E-state index in [9.17, 15) is 4.79 Å². The molecule has 1 fully saturated rings. The molecule has 0 N–H and O–H groups in total. The van der Waals surface area contributed by atoms with Crippen molar-refractivity contribution in [3.8, 4) is 0 Å². The predicted molar refractivity (Wildman–Crippen MR) is 97.3 cm³/mol. The van der Waals surface area contributed by atoms with Gasteiger partial charge in [-0.25, -0.2) is 4.98 Å². The molecule has 2 aromatic rings. The summed E-state index contributed by atoms with van der Waals surface area (Å²) in [5.41, 5.74) is 1.93. The monoisotopic (exact) mass is 323 g/mol. The van der Waals surface area contributed by atoms with Crippen LogP contribution >= 0.6 is 0 Å². The Morgan fingerprint density at radius 1 is 1.17 bits per heavy atom. The first-order chi connectivity index (χ1) is 11.8. The van der Waals surface area contributed by atoms with Crippen LogP contribution in [0.3, 0.4) is 0 Å². The second kappa shape index (κ2) is 7.47. The number of benzene rings is 1. The van der Waals surface area contributed by atoms with Gasteiger partial charge in [0.15, 0.2) is 0 Å². The lowest BCUT2D eigenvalue weighted by atomic mass is 10.0. The zero-order valence-corrected chi connectivity index (χ0v) is 14.5. The smallest absolute Gasteiger partial charge is 0.254 e. The van der Waals surface area contributed by atoms with E-state index in [1.807, 2.05) is 47.5 Å². The molecule has 2 heterocycles. The van der Waals surface area contributed by atoms with Crippen LogP contribution in [0.2, 0.25) is 0 Å². The van der Waals surface area contributed by atoms with E-state index < -0.39 is 0 Å². The summed E-state index contributed by atoms with van der Waals surface area (Å²) >= 11 is 0. The van der Waals surface area contributed by atoms with Crippen molar-refractivity contribution in [3.63, 3.8) is 0 Å². The molecule has 0 bridgehead atoms. The quantitative estimate of drug-likeness (QED) is 0.837. The van der Waals surface area contributed by atoms with Gasteiger partial charge in [-0.3, -0.25) is 4.79 Å². The molecule has 4 heteroatoms. The number of amides is 1. The van der Waals surface area contributed by atoms with E-state index in [0.717, 1.165) is 43.9 Å². The van der Waals surface area contributed by atoms with Crippen molar-refractivity contribution in [3.05, 3.63) is 59.8 Å². The molecule has 3 rings (SSSR count). The van der Waals surface area contributed by atoms with Crippen molar-refractivity contribution in [1.29, 1.82) is 0 Å². The van der Waals surface area contributed by atoms with E-state index in [4.69, 9.17) is 0 Å². The number of hydrogen-bond donors (Lipinski definition) is 0. The third-order valence-electron chi connectivity index (χ3n) is 4.77. The fourth-order valence-corrected chi connectivity index (χ4v) is 3.54. The highest BCUT2D eigenvalue weighted by atomic mass is 16.2. The zero-order chi connectivity index (χ0) is 16.9. The number of likely N-dealkylation sites (tertiary alicyclic amines) is 1. The van der Waals surface area contributed by atoms with Crippen LogP contribution in [0.5, 0.6) is 0 Å². The van der Waals surface area contributed by atoms with Gasteiger partial charge in [0.1, 0.15) is 5.82 Å². The summed E-state index contributed by atoms with van der Waals surface area (Å²) in [5, 5.41) is 0. The molecule has 126 valence electrons. The van der Waals surface area contributed by atoms with E-state index in [2.05, 4.69) is 29.8 Å². The van der Waals surface area contributed by atoms with E-state index in [0.29, 0.717) is 0 Å². The first kappa shape index (κ1) is 16.5. The number of hydrogen-bond acceptors (Lipinski definition) is 3. The van der Waals surface area contributed by atoms with Crippen molar-refractivity contribution >= 4 is 11.7 Å². The Kier molecular flexibility index (Phi) is 5.14. The highest BCUT2D eigenvalue weighted by molar-refractivity contribution is 5.94. The molecule has 1 aromatic heterocycles. The largest absolute Gasteiger partial charge is 0.357 e. The summed E-state index contributed by atoms with van der Waals surface area (Å²) in [4.78, 5) is 21.8. The molecule has 1 atom stereocenters. The van der Waals surface area contributed by atoms with E-state index in [1.54, 1.807) is 0 Å². The topological polar surface area (TPSA) is 36.4 Å². The van der Waals surface area contributed by atoms with Crippen LogP contribution in [-0.4, -0.2) is 35.4 Å². The fraction of sp³-hybridized carbons (Fsp3) is 0.400. The molecule has 24 heavy (non-hydrogen) atoms. The summed E-state index contributed by atoms with van der Waals surface area (Å²) in [6.45, 7) is 6.93. The van der Waals surface area contributed by atoms with Gasteiger partial charge in [0, 0.05) is 37.0 Å². The highest BCUT2D eigenvalue weighted by Crippen LogP contribution is 2.37. The molecule has 0 aliphatic carbocycles. The van der Waals surface area contributed by atoms with Crippen molar-refractivity contribution < 1.29 is 4.79 Å². The first-order valence-corrected chi connectivity index (χ1v) is 8.82. The van der Waals surface area contributed by atoms with Crippen LogP contribution in [-0.2, 0) is 0 Å². The number of aromatic nitrogens is 1. The molecule has 0 unspecified atom stereocenters. The SMILES string of the molecule is CCN(CC)c1ncccc1[C@@H]1CCCN1C(=O)c1ccccc1. The molecule has 1 aliphatic heterocycles. The molecule has 1 amide bonds. The standard InChI is InChI=1S/C20H25N3O/c1-3-22(4-2)19-17(12-8-14-21-19)18-13-9-15-23(18)20(24)16-10-6-5-7-11-16/h5-8,10-12,14,18H,3-4,9,13,15H2,1-2H3/t18-/m0/s1. The minimum atomic E-state index is 0.113. The summed E-state index contributed by atoms with van der Waals surface area (Å²) in [5.74, 6) is 1.13. The molecule has 4 nitrogen and oxygen atoms in total. The van der Waals surface area contributed by atoms with Crippen LogP contribution in [0.1, 0.15) is 48.7 Å². The average Bonchev–Trinajstić information content (AvgIpc) is 3.13. The predicted octanol–water partition coefficient (Wildman–Crippen LogP) is 3.91. The molecule has 0 radical (unpaired) electrons. The van der Waals surface area contributed by atoms with Crippen molar-refractivity contribution in [2.45, 2.75) is 32.7 Å². The maximum Gasteiger partial charge on any atom is 0.254 e. The third-order valence-corrected chi connectivity index (χ3v) is 4.77. The van der Waals surface area contributed by atoms with E-state index >= 15 is 0 Å². The van der Waals surface area contributed by atoms with Crippen LogP contribution in [0, 0.1) is 0 Å². The van der Waals surface area contributed by atoms with Crippen molar-refractivity contribution in [2.24, 2.45) is 0 Å². The number of rotatable bonds is 5. The van der Waals surface area contributed by atoms with Crippen LogP contribution in [0.15, 0.2) is 48.7 Å². The first-order valence-electron chi connectivity index (χ1n) is 8.82. The van der Waals surface area contributed by atoms with Gasteiger partial charge in [0.05, 0.1) is 6.04 Å². The Hall–Kier alpha value is -2.36. The molecule has 1 saturated heterocycles. The summed E-state index contributed by atoms with van der Waals surface area (Å²) in [6, 6.07) is 13.8. The normalized spacial score (nSPS) is 17.1. The van der Waals surface area contributed by atoms with Gasteiger partial charge in [-0.05, 0) is 44.9 Å². The van der Waals surface area contributed by atoms with Gasteiger partial charge in [-0.15, -0.1) is 0 Å². The minimum Gasteiger partial charge on any atom is -0.357 e. The second-order valence-electron chi connectivity index (χ2n) is 6.11.